The largest absolute Gasteiger partial charge is 0.319 e. The van der Waals surface area contributed by atoms with E-state index in [-0.39, 0.29) is 28.0 Å². The molecule has 1 amide bonds. The molecule has 3 rings (SSSR count). The summed E-state index contributed by atoms with van der Waals surface area (Å²) in [6.07, 6.45) is 0.991. The normalized spacial score (nSPS) is 20.7. The number of carbonyl (C=O) groups is 1. The van der Waals surface area contributed by atoms with E-state index in [1.807, 2.05) is 13.8 Å². The summed E-state index contributed by atoms with van der Waals surface area (Å²) >= 11 is 0. The van der Waals surface area contributed by atoms with Crippen molar-refractivity contribution in [1.82, 2.24) is 4.31 Å². The van der Waals surface area contributed by atoms with Crippen molar-refractivity contribution in [3.63, 3.8) is 0 Å². The van der Waals surface area contributed by atoms with E-state index in [2.05, 4.69) is 5.32 Å². The zero-order chi connectivity index (χ0) is 20.5. The third-order valence-corrected chi connectivity index (χ3v) is 6.61. The maximum atomic E-state index is 13.7. The predicted molar refractivity (Wildman–Crippen MR) is 102 cm³/mol. The summed E-state index contributed by atoms with van der Waals surface area (Å²) in [7, 11) is -3.64. The molecular formula is C20H22F2N2O3S. The highest BCUT2D eigenvalue weighted by Gasteiger charge is 2.31. The van der Waals surface area contributed by atoms with Gasteiger partial charge < -0.3 is 5.32 Å². The fourth-order valence-corrected chi connectivity index (χ4v) is 5.19. The molecule has 0 spiro atoms. The molecule has 8 heteroatoms. The molecule has 0 radical (unpaired) electrons. The van der Waals surface area contributed by atoms with Gasteiger partial charge in [0.25, 0.3) is 5.91 Å². The molecule has 150 valence electrons. The lowest BCUT2D eigenvalue weighted by Gasteiger charge is -2.34. The van der Waals surface area contributed by atoms with Crippen molar-refractivity contribution in [2.24, 2.45) is 11.8 Å². The number of hydrogen-bond donors (Lipinski definition) is 1. The standard InChI is InChI=1S/C20H22F2N2O3S/c1-13-9-14(2)12-24(11-13)28(26,27)17-6-3-15(4-7-17)20(25)23-19-8-5-16(21)10-18(19)22/h3-8,10,13-14H,9,11-12H2,1-2H3,(H,23,25)/t13-,14-/m0/s1. The lowest BCUT2D eigenvalue weighted by atomic mass is 9.94. The van der Waals surface area contributed by atoms with Gasteiger partial charge in [0.1, 0.15) is 11.6 Å². The van der Waals surface area contributed by atoms with E-state index in [4.69, 9.17) is 0 Å². The number of piperidine rings is 1. The van der Waals surface area contributed by atoms with Crippen LogP contribution in [-0.4, -0.2) is 31.7 Å². The first kappa shape index (κ1) is 20.4. The van der Waals surface area contributed by atoms with Gasteiger partial charge >= 0.3 is 0 Å². The molecule has 2 aromatic rings. The molecule has 0 saturated carbocycles. The Hall–Kier alpha value is -2.32. The van der Waals surface area contributed by atoms with Crippen LogP contribution >= 0.6 is 0 Å². The van der Waals surface area contributed by atoms with Gasteiger partial charge in [0.2, 0.25) is 10.0 Å². The molecule has 0 aromatic heterocycles. The Morgan fingerprint density at radius 2 is 1.64 bits per heavy atom. The van der Waals surface area contributed by atoms with Crippen LogP contribution in [0.5, 0.6) is 0 Å². The zero-order valence-corrected chi connectivity index (χ0v) is 16.5. The van der Waals surface area contributed by atoms with E-state index in [9.17, 15) is 22.0 Å². The van der Waals surface area contributed by atoms with Crippen LogP contribution in [0, 0.1) is 23.5 Å². The van der Waals surface area contributed by atoms with Gasteiger partial charge in [-0.3, -0.25) is 4.79 Å². The van der Waals surface area contributed by atoms with E-state index in [1.165, 1.54) is 28.6 Å². The van der Waals surface area contributed by atoms with E-state index in [0.29, 0.717) is 19.2 Å². The van der Waals surface area contributed by atoms with Crippen LogP contribution in [0.15, 0.2) is 47.4 Å². The monoisotopic (exact) mass is 408 g/mol. The lowest BCUT2D eigenvalue weighted by Crippen LogP contribution is -2.42. The molecule has 1 N–H and O–H groups in total. The number of nitrogens with one attached hydrogen (secondary N) is 1. The van der Waals surface area contributed by atoms with E-state index in [1.54, 1.807) is 0 Å². The van der Waals surface area contributed by atoms with Crippen LogP contribution in [-0.2, 0) is 10.0 Å². The highest BCUT2D eigenvalue weighted by Crippen LogP contribution is 2.27. The summed E-state index contributed by atoms with van der Waals surface area (Å²) in [4.78, 5) is 12.4. The zero-order valence-electron chi connectivity index (χ0n) is 15.7. The van der Waals surface area contributed by atoms with Crippen LogP contribution in [0.3, 0.4) is 0 Å². The Morgan fingerprint density at radius 1 is 1.04 bits per heavy atom. The molecule has 1 aliphatic heterocycles. The number of benzene rings is 2. The molecule has 0 unspecified atom stereocenters. The number of anilines is 1. The van der Waals surface area contributed by atoms with Crippen molar-refractivity contribution in [3.8, 4) is 0 Å². The summed E-state index contributed by atoms with van der Waals surface area (Å²) < 4.78 is 53.8. The van der Waals surface area contributed by atoms with Gasteiger partial charge in [-0.15, -0.1) is 0 Å². The quantitative estimate of drug-likeness (QED) is 0.835. The molecule has 1 heterocycles. The summed E-state index contributed by atoms with van der Waals surface area (Å²) in [5.74, 6) is -1.68. The second kappa shape index (κ2) is 7.97. The molecule has 1 aliphatic rings. The summed E-state index contributed by atoms with van der Waals surface area (Å²) in [5.41, 5.74) is 0.0162. The minimum atomic E-state index is -3.64. The van der Waals surface area contributed by atoms with Crippen molar-refractivity contribution in [2.45, 2.75) is 25.2 Å². The maximum Gasteiger partial charge on any atom is 0.255 e. The number of halogens is 2. The Bertz CT molecular complexity index is 967. The highest BCUT2D eigenvalue weighted by molar-refractivity contribution is 7.89. The topological polar surface area (TPSA) is 66.5 Å². The Balaban J connectivity index is 1.76. The number of nitrogens with zero attached hydrogens (tertiary/aromatic N) is 1. The smallest absolute Gasteiger partial charge is 0.255 e. The lowest BCUT2D eigenvalue weighted by molar-refractivity contribution is 0.102. The minimum absolute atomic E-state index is 0.110. The molecule has 1 fully saturated rings. The van der Waals surface area contributed by atoms with E-state index < -0.39 is 27.6 Å². The first-order valence-electron chi connectivity index (χ1n) is 9.03. The van der Waals surface area contributed by atoms with Gasteiger partial charge in [-0.05, 0) is 54.7 Å². The molecule has 28 heavy (non-hydrogen) atoms. The van der Waals surface area contributed by atoms with Crippen molar-refractivity contribution in [3.05, 3.63) is 59.7 Å². The average molecular weight is 408 g/mol. The molecule has 1 saturated heterocycles. The Morgan fingerprint density at radius 3 is 2.21 bits per heavy atom. The number of rotatable bonds is 4. The SMILES string of the molecule is C[C@H]1C[C@H](C)CN(S(=O)(=O)c2ccc(C(=O)Nc3ccc(F)cc3F)cc2)C1. The van der Waals surface area contributed by atoms with Gasteiger partial charge in [-0.1, -0.05) is 13.8 Å². The van der Waals surface area contributed by atoms with Crippen molar-refractivity contribution >= 4 is 21.6 Å². The van der Waals surface area contributed by atoms with Crippen molar-refractivity contribution in [1.29, 1.82) is 0 Å². The van der Waals surface area contributed by atoms with Gasteiger partial charge in [0.15, 0.2) is 0 Å². The highest BCUT2D eigenvalue weighted by atomic mass is 32.2. The third kappa shape index (κ3) is 4.39. The fraction of sp³-hybridized carbons (Fsp3) is 0.350. The molecule has 0 aliphatic carbocycles. The third-order valence-electron chi connectivity index (χ3n) is 4.77. The number of sulfonamides is 1. The average Bonchev–Trinajstić information content (AvgIpc) is 2.63. The van der Waals surface area contributed by atoms with E-state index >= 15 is 0 Å². The molecule has 0 bridgehead atoms. The van der Waals surface area contributed by atoms with E-state index in [0.717, 1.165) is 18.6 Å². The summed E-state index contributed by atoms with van der Waals surface area (Å²) in [6.45, 7) is 5.00. The van der Waals surface area contributed by atoms with Crippen LogP contribution in [0.4, 0.5) is 14.5 Å². The van der Waals surface area contributed by atoms with Gasteiger partial charge in [0.05, 0.1) is 10.6 Å². The second-order valence-corrected chi connectivity index (χ2v) is 9.31. The van der Waals surface area contributed by atoms with Gasteiger partial charge in [0, 0.05) is 24.7 Å². The van der Waals surface area contributed by atoms with Gasteiger partial charge in [-0.25, -0.2) is 17.2 Å². The second-order valence-electron chi connectivity index (χ2n) is 7.37. The number of carbonyl (C=O) groups excluding carboxylic acids is 1. The molecule has 5 nitrogen and oxygen atoms in total. The van der Waals surface area contributed by atoms with Crippen LogP contribution in [0.2, 0.25) is 0 Å². The Labute approximate surface area is 163 Å². The fourth-order valence-electron chi connectivity index (χ4n) is 3.51. The maximum absolute atomic E-state index is 13.7. The predicted octanol–water partition coefficient (Wildman–Crippen LogP) is 3.88. The summed E-state index contributed by atoms with van der Waals surface area (Å²) in [5, 5.41) is 2.35. The van der Waals surface area contributed by atoms with Crippen molar-refractivity contribution in [2.75, 3.05) is 18.4 Å². The first-order chi connectivity index (χ1) is 13.2. The Kier molecular flexibility index (Phi) is 5.81. The minimum Gasteiger partial charge on any atom is -0.319 e. The molecular weight excluding hydrogens is 386 g/mol. The number of amides is 1. The van der Waals surface area contributed by atoms with Crippen LogP contribution in [0.1, 0.15) is 30.6 Å². The van der Waals surface area contributed by atoms with Crippen LogP contribution in [0.25, 0.3) is 0 Å². The van der Waals surface area contributed by atoms with Crippen LogP contribution < -0.4 is 5.32 Å². The summed E-state index contributed by atoms with van der Waals surface area (Å²) in [6, 6.07) is 8.33. The molecule has 2 atom stereocenters. The number of hydrogen-bond acceptors (Lipinski definition) is 3. The van der Waals surface area contributed by atoms with Crippen molar-refractivity contribution < 1.29 is 22.0 Å². The molecule has 2 aromatic carbocycles. The first-order valence-corrected chi connectivity index (χ1v) is 10.5. The van der Waals surface area contributed by atoms with Gasteiger partial charge in [-0.2, -0.15) is 4.31 Å².